The molecular formula is C23H26ClFN2O3. The first-order valence-corrected chi connectivity index (χ1v) is 10.5. The van der Waals surface area contributed by atoms with Crippen molar-refractivity contribution in [1.29, 1.82) is 0 Å². The molecule has 2 aromatic rings. The van der Waals surface area contributed by atoms with Gasteiger partial charge in [0.1, 0.15) is 11.6 Å². The Balaban J connectivity index is 1.46. The molecule has 1 saturated heterocycles. The van der Waals surface area contributed by atoms with Crippen molar-refractivity contribution in [3.8, 4) is 5.75 Å². The third-order valence-electron chi connectivity index (χ3n) is 5.38. The van der Waals surface area contributed by atoms with Crippen LogP contribution in [0.1, 0.15) is 41.6 Å². The molecule has 2 amide bonds. The van der Waals surface area contributed by atoms with E-state index in [9.17, 15) is 14.0 Å². The van der Waals surface area contributed by atoms with Gasteiger partial charge in [-0.05, 0) is 61.1 Å². The zero-order chi connectivity index (χ0) is 21.5. The largest absolute Gasteiger partial charge is 0.497 e. The van der Waals surface area contributed by atoms with E-state index in [1.54, 1.807) is 12.0 Å². The fraction of sp³-hybridized carbons (Fsp3) is 0.391. The Morgan fingerprint density at radius 3 is 2.87 bits per heavy atom. The zero-order valence-corrected chi connectivity index (χ0v) is 17.8. The monoisotopic (exact) mass is 432 g/mol. The van der Waals surface area contributed by atoms with Gasteiger partial charge >= 0.3 is 0 Å². The molecule has 160 valence electrons. The minimum atomic E-state index is -0.537. The number of hydrogen-bond acceptors (Lipinski definition) is 3. The fourth-order valence-electron chi connectivity index (χ4n) is 3.70. The first-order chi connectivity index (χ1) is 14.5. The number of nitrogens with one attached hydrogen (secondary N) is 1. The van der Waals surface area contributed by atoms with Gasteiger partial charge in [-0.2, -0.15) is 0 Å². The highest BCUT2D eigenvalue weighted by molar-refractivity contribution is 6.31. The predicted molar refractivity (Wildman–Crippen MR) is 114 cm³/mol. The average Bonchev–Trinajstić information content (AvgIpc) is 2.78. The summed E-state index contributed by atoms with van der Waals surface area (Å²) >= 11 is 5.80. The first kappa shape index (κ1) is 22.1. The summed E-state index contributed by atoms with van der Waals surface area (Å²) in [5.41, 5.74) is 1.37. The summed E-state index contributed by atoms with van der Waals surface area (Å²) in [7, 11) is 1.61. The summed E-state index contributed by atoms with van der Waals surface area (Å²) in [6.45, 7) is 1.71. The SMILES string of the molecule is COc1cccc(CNC(=O)CC[C@H]2CCCN(C(=O)c3ccc(F)c(Cl)c3)C2)c1. The molecular weight excluding hydrogens is 407 g/mol. The summed E-state index contributed by atoms with van der Waals surface area (Å²) in [6.07, 6.45) is 3.00. The van der Waals surface area contributed by atoms with Crippen LogP contribution in [0.5, 0.6) is 5.75 Å². The standard InChI is InChI=1S/C23H26ClFN2O3/c1-30-19-6-2-4-17(12-19)14-26-22(28)10-7-16-5-3-11-27(15-16)23(29)18-8-9-21(25)20(24)13-18/h2,4,6,8-9,12-13,16H,3,5,7,10-11,14-15H2,1H3,(H,26,28)/t16-/m1/s1. The Morgan fingerprint density at radius 2 is 2.10 bits per heavy atom. The Kier molecular flexibility index (Phi) is 7.69. The van der Waals surface area contributed by atoms with Gasteiger partial charge in [-0.25, -0.2) is 4.39 Å². The third-order valence-corrected chi connectivity index (χ3v) is 5.67. The maximum atomic E-state index is 13.4. The van der Waals surface area contributed by atoms with Crippen molar-refractivity contribution >= 4 is 23.4 Å². The van der Waals surface area contributed by atoms with Crippen LogP contribution in [-0.4, -0.2) is 36.9 Å². The lowest BCUT2D eigenvalue weighted by Crippen LogP contribution is -2.40. The Hall–Kier alpha value is -2.60. The number of carbonyl (C=O) groups is 2. The topological polar surface area (TPSA) is 58.6 Å². The van der Waals surface area contributed by atoms with Crippen molar-refractivity contribution in [2.45, 2.75) is 32.2 Å². The Bertz CT molecular complexity index is 906. The number of nitrogens with zero attached hydrogens (tertiary/aromatic N) is 1. The van der Waals surface area contributed by atoms with E-state index in [0.717, 1.165) is 30.6 Å². The first-order valence-electron chi connectivity index (χ1n) is 10.1. The maximum absolute atomic E-state index is 13.4. The molecule has 2 aromatic carbocycles. The molecule has 1 aliphatic heterocycles. The van der Waals surface area contributed by atoms with Crippen LogP contribution in [0.25, 0.3) is 0 Å². The molecule has 0 unspecified atom stereocenters. The van der Waals surface area contributed by atoms with Crippen molar-refractivity contribution in [3.63, 3.8) is 0 Å². The number of carbonyl (C=O) groups excluding carboxylic acids is 2. The van der Waals surface area contributed by atoms with E-state index in [1.165, 1.54) is 18.2 Å². The fourth-order valence-corrected chi connectivity index (χ4v) is 3.88. The molecule has 1 aliphatic rings. The van der Waals surface area contributed by atoms with Gasteiger partial charge in [0.15, 0.2) is 0 Å². The lowest BCUT2D eigenvalue weighted by molar-refractivity contribution is -0.121. The number of likely N-dealkylation sites (tertiary alicyclic amines) is 1. The van der Waals surface area contributed by atoms with E-state index in [0.29, 0.717) is 31.6 Å². The number of piperidine rings is 1. The summed E-state index contributed by atoms with van der Waals surface area (Å²) in [5, 5.41) is 2.88. The molecule has 0 saturated carbocycles. The van der Waals surface area contributed by atoms with Crippen LogP contribution >= 0.6 is 11.6 Å². The highest BCUT2D eigenvalue weighted by Crippen LogP contribution is 2.24. The second kappa shape index (κ2) is 10.4. The van der Waals surface area contributed by atoms with E-state index in [1.807, 2.05) is 24.3 Å². The Morgan fingerprint density at radius 1 is 1.27 bits per heavy atom. The lowest BCUT2D eigenvalue weighted by Gasteiger charge is -2.33. The van der Waals surface area contributed by atoms with Gasteiger partial charge in [0.2, 0.25) is 5.91 Å². The highest BCUT2D eigenvalue weighted by atomic mass is 35.5. The Labute approximate surface area is 181 Å². The third kappa shape index (κ3) is 5.95. The number of benzene rings is 2. The molecule has 0 aromatic heterocycles. The van der Waals surface area contributed by atoms with Crippen LogP contribution in [0, 0.1) is 11.7 Å². The molecule has 3 rings (SSSR count). The summed E-state index contributed by atoms with van der Waals surface area (Å²) in [4.78, 5) is 26.7. The predicted octanol–water partition coefficient (Wildman–Crippen LogP) is 4.44. The highest BCUT2D eigenvalue weighted by Gasteiger charge is 2.25. The van der Waals surface area contributed by atoms with Crippen LogP contribution in [0.2, 0.25) is 5.02 Å². The maximum Gasteiger partial charge on any atom is 0.253 e. The molecule has 1 atom stereocenters. The van der Waals surface area contributed by atoms with Gasteiger partial charge in [0.05, 0.1) is 12.1 Å². The minimum Gasteiger partial charge on any atom is -0.497 e. The summed E-state index contributed by atoms with van der Waals surface area (Å²) in [5.74, 6) is 0.331. The van der Waals surface area contributed by atoms with Crippen LogP contribution in [0.15, 0.2) is 42.5 Å². The van der Waals surface area contributed by atoms with Gasteiger partial charge in [-0.3, -0.25) is 9.59 Å². The number of rotatable bonds is 7. The second-order valence-electron chi connectivity index (χ2n) is 7.56. The van der Waals surface area contributed by atoms with Gasteiger partial charge in [-0.1, -0.05) is 23.7 Å². The number of halogens is 2. The molecule has 0 bridgehead atoms. The van der Waals surface area contributed by atoms with E-state index in [-0.39, 0.29) is 22.8 Å². The molecule has 0 aliphatic carbocycles. The van der Waals surface area contributed by atoms with E-state index in [2.05, 4.69) is 5.32 Å². The molecule has 7 heteroatoms. The average molecular weight is 433 g/mol. The molecule has 1 N–H and O–H groups in total. The van der Waals surface area contributed by atoms with Crippen LogP contribution in [0.3, 0.4) is 0 Å². The molecule has 5 nitrogen and oxygen atoms in total. The molecule has 0 spiro atoms. The molecule has 1 heterocycles. The van der Waals surface area contributed by atoms with Gasteiger partial charge in [0.25, 0.3) is 5.91 Å². The van der Waals surface area contributed by atoms with Crippen molar-refractivity contribution < 1.29 is 18.7 Å². The normalized spacial score (nSPS) is 16.2. The van der Waals surface area contributed by atoms with E-state index < -0.39 is 5.82 Å². The number of ether oxygens (including phenoxy) is 1. The number of amides is 2. The zero-order valence-electron chi connectivity index (χ0n) is 17.0. The van der Waals surface area contributed by atoms with Gasteiger partial charge in [0, 0.05) is 31.6 Å². The van der Waals surface area contributed by atoms with Gasteiger partial charge in [-0.15, -0.1) is 0 Å². The molecule has 30 heavy (non-hydrogen) atoms. The van der Waals surface area contributed by atoms with Crippen molar-refractivity contribution in [3.05, 3.63) is 64.4 Å². The van der Waals surface area contributed by atoms with Crippen molar-refractivity contribution in [1.82, 2.24) is 10.2 Å². The lowest BCUT2D eigenvalue weighted by atomic mass is 9.92. The molecule has 0 radical (unpaired) electrons. The molecule has 1 fully saturated rings. The summed E-state index contributed by atoms with van der Waals surface area (Å²) in [6, 6.07) is 11.6. The van der Waals surface area contributed by atoms with Crippen LogP contribution in [0.4, 0.5) is 4.39 Å². The van der Waals surface area contributed by atoms with E-state index >= 15 is 0 Å². The minimum absolute atomic E-state index is 0.00779. The second-order valence-corrected chi connectivity index (χ2v) is 7.96. The number of hydrogen-bond donors (Lipinski definition) is 1. The van der Waals surface area contributed by atoms with E-state index in [4.69, 9.17) is 16.3 Å². The van der Waals surface area contributed by atoms with Gasteiger partial charge < -0.3 is 15.0 Å². The van der Waals surface area contributed by atoms with Crippen LogP contribution < -0.4 is 10.1 Å². The van der Waals surface area contributed by atoms with Crippen molar-refractivity contribution in [2.75, 3.05) is 20.2 Å². The van der Waals surface area contributed by atoms with Crippen LogP contribution in [-0.2, 0) is 11.3 Å². The van der Waals surface area contributed by atoms with Crippen molar-refractivity contribution in [2.24, 2.45) is 5.92 Å². The summed E-state index contributed by atoms with van der Waals surface area (Å²) < 4.78 is 18.5. The smallest absolute Gasteiger partial charge is 0.253 e. The number of methoxy groups -OCH3 is 1. The quantitative estimate of drug-likeness (QED) is 0.703.